The lowest BCUT2D eigenvalue weighted by atomic mass is 9.97. The van der Waals surface area contributed by atoms with Crippen LogP contribution >= 0.6 is 0 Å². The van der Waals surface area contributed by atoms with Gasteiger partial charge in [-0.1, -0.05) is 37.3 Å². The summed E-state index contributed by atoms with van der Waals surface area (Å²) in [4.78, 5) is 10.7. The van der Waals surface area contributed by atoms with Crippen LogP contribution in [0.25, 0.3) is 0 Å². The molecular weight excluding hydrogens is 212 g/mol. The van der Waals surface area contributed by atoms with Gasteiger partial charge in [0.05, 0.1) is 0 Å². The Hall–Kier alpha value is -1.15. The highest BCUT2D eigenvalue weighted by molar-refractivity contribution is 5.78. The van der Waals surface area contributed by atoms with Crippen LogP contribution in [0.3, 0.4) is 0 Å². The summed E-state index contributed by atoms with van der Waals surface area (Å²) in [7, 11) is 0. The molecule has 1 saturated heterocycles. The minimum atomic E-state index is 0.291. The molecular formula is C15H22O2. The lowest BCUT2D eigenvalue weighted by Crippen LogP contribution is -2.21. The van der Waals surface area contributed by atoms with Crippen LogP contribution in [0.15, 0.2) is 30.3 Å². The molecule has 0 aliphatic carbocycles. The molecule has 0 radical (unpaired) electrons. The number of aryl methyl sites for hydroxylation is 1. The summed E-state index contributed by atoms with van der Waals surface area (Å²) in [5, 5.41) is 0. The second-order valence-electron chi connectivity index (χ2n) is 4.34. The molecule has 2 rings (SSSR count). The molecule has 1 aromatic rings. The average Bonchev–Trinajstić information content (AvgIpc) is 2.41. The fraction of sp³-hybridized carbons (Fsp3) is 0.533. The van der Waals surface area contributed by atoms with Gasteiger partial charge < -0.3 is 4.74 Å². The van der Waals surface area contributed by atoms with Gasteiger partial charge in [-0.3, -0.25) is 4.79 Å². The first-order chi connectivity index (χ1) is 8.24. The molecule has 0 saturated carbocycles. The van der Waals surface area contributed by atoms with Gasteiger partial charge in [0, 0.05) is 19.1 Å². The molecule has 94 valence electrons. The average molecular weight is 234 g/mol. The maximum absolute atomic E-state index is 10.7. The van der Waals surface area contributed by atoms with E-state index in [1.807, 2.05) is 6.07 Å². The Bertz CT molecular complexity index is 313. The molecule has 0 spiro atoms. The number of ketones is 1. The molecule has 0 aromatic heterocycles. The van der Waals surface area contributed by atoms with Crippen molar-refractivity contribution in [2.24, 2.45) is 5.92 Å². The van der Waals surface area contributed by atoms with Gasteiger partial charge in [-0.2, -0.15) is 0 Å². The molecule has 2 nitrogen and oxygen atoms in total. The molecule has 2 heteroatoms. The summed E-state index contributed by atoms with van der Waals surface area (Å²) < 4.78 is 5.10. The molecule has 17 heavy (non-hydrogen) atoms. The Morgan fingerprint density at radius 3 is 2.18 bits per heavy atom. The maximum Gasteiger partial charge on any atom is 0.133 e. The predicted octanol–water partition coefficient (Wildman–Crippen LogP) is 3.25. The molecule has 1 heterocycles. The summed E-state index contributed by atoms with van der Waals surface area (Å²) in [5.74, 6) is 0.608. The van der Waals surface area contributed by atoms with E-state index in [-0.39, 0.29) is 0 Å². The van der Waals surface area contributed by atoms with Crippen molar-refractivity contribution in [2.45, 2.75) is 33.1 Å². The number of carbonyl (C=O) groups excluding carboxylic acids is 1. The number of carbonyl (C=O) groups is 1. The van der Waals surface area contributed by atoms with Gasteiger partial charge in [-0.05, 0) is 31.7 Å². The van der Waals surface area contributed by atoms with Gasteiger partial charge in [-0.15, -0.1) is 0 Å². The zero-order valence-electron chi connectivity index (χ0n) is 10.8. The van der Waals surface area contributed by atoms with Crippen molar-refractivity contribution >= 4 is 5.78 Å². The molecule has 0 bridgehead atoms. The third-order valence-corrected chi connectivity index (χ3v) is 3.05. The number of benzene rings is 1. The van der Waals surface area contributed by atoms with Gasteiger partial charge in [0.1, 0.15) is 5.78 Å². The van der Waals surface area contributed by atoms with Gasteiger partial charge >= 0.3 is 0 Å². The Balaban J connectivity index is 0.000000171. The third kappa shape index (κ3) is 5.64. The Morgan fingerprint density at radius 1 is 1.24 bits per heavy atom. The monoisotopic (exact) mass is 234 g/mol. The third-order valence-electron chi connectivity index (χ3n) is 3.05. The number of rotatable bonds is 2. The highest BCUT2D eigenvalue weighted by atomic mass is 16.5. The molecule has 1 fully saturated rings. The van der Waals surface area contributed by atoms with E-state index in [4.69, 9.17) is 4.74 Å². The van der Waals surface area contributed by atoms with E-state index in [0.29, 0.717) is 11.7 Å². The van der Waals surface area contributed by atoms with Crippen LogP contribution in [0.1, 0.15) is 32.3 Å². The van der Waals surface area contributed by atoms with Crippen LogP contribution in [0.2, 0.25) is 0 Å². The second-order valence-corrected chi connectivity index (χ2v) is 4.34. The maximum atomic E-state index is 10.7. The second kappa shape index (κ2) is 8.02. The van der Waals surface area contributed by atoms with Crippen molar-refractivity contribution in [3.8, 4) is 0 Å². The lowest BCUT2D eigenvalue weighted by Gasteiger charge is -2.18. The predicted molar refractivity (Wildman–Crippen MR) is 70.0 cm³/mol. The number of ether oxygens (including phenoxy) is 1. The van der Waals surface area contributed by atoms with Crippen LogP contribution in [0, 0.1) is 5.92 Å². The summed E-state index contributed by atoms with van der Waals surface area (Å²) in [6, 6.07) is 10.5. The highest BCUT2D eigenvalue weighted by Gasteiger charge is 2.16. The number of hydrogen-bond donors (Lipinski definition) is 0. The first kappa shape index (κ1) is 13.9. The fourth-order valence-electron chi connectivity index (χ4n) is 1.82. The molecule has 0 atom stereocenters. The van der Waals surface area contributed by atoms with E-state index in [0.717, 1.165) is 32.5 Å². The summed E-state index contributed by atoms with van der Waals surface area (Å²) >= 11 is 0. The highest BCUT2D eigenvalue weighted by Crippen LogP contribution is 2.14. The van der Waals surface area contributed by atoms with E-state index < -0.39 is 0 Å². The largest absolute Gasteiger partial charge is 0.381 e. The quantitative estimate of drug-likeness (QED) is 0.785. The van der Waals surface area contributed by atoms with Crippen molar-refractivity contribution in [3.63, 3.8) is 0 Å². The molecule has 0 N–H and O–H groups in total. The zero-order valence-corrected chi connectivity index (χ0v) is 10.8. The van der Waals surface area contributed by atoms with Crippen LogP contribution in [0.5, 0.6) is 0 Å². The van der Waals surface area contributed by atoms with Crippen molar-refractivity contribution in [1.29, 1.82) is 0 Å². The first-order valence-corrected chi connectivity index (χ1v) is 6.36. The molecule has 1 aliphatic heterocycles. The van der Waals surface area contributed by atoms with Crippen LogP contribution < -0.4 is 0 Å². The molecule has 1 aliphatic rings. The number of hydrogen-bond acceptors (Lipinski definition) is 2. The Morgan fingerprint density at radius 2 is 1.82 bits per heavy atom. The summed E-state index contributed by atoms with van der Waals surface area (Å²) in [6.45, 7) is 5.36. The molecule has 0 unspecified atom stereocenters. The Kier molecular flexibility index (Phi) is 6.56. The lowest BCUT2D eigenvalue weighted by molar-refractivity contribution is -0.123. The summed E-state index contributed by atoms with van der Waals surface area (Å²) in [6.07, 6.45) is 2.99. The standard InChI is InChI=1S/C8H10.C7H12O2/c1-2-8-6-4-3-5-7-8;1-6(8)7-2-4-9-5-3-7/h3-7H,2H2,1H3;7H,2-5H2,1H3. The smallest absolute Gasteiger partial charge is 0.133 e. The first-order valence-electron chi connectivity index (χ1n) is 6.36. The van der Waals surface area contributed by atoms with Crippen molar-refractivity contribution < 1.29 is 9.53 Å². The Labute approximate surface area is 104 Å². The minimum Gasteiger partial charge on any atom is -0.381 e. The minimum absolute atomic E-state index is 0.291. The van der Waals surface area contributed by atoms with Crippen LogP contribution in [-0.4, -0.2) is 19.0 Å². The molecule has 0 amide bonds. The van der Waals surface area contributed by atoms with Gasteiger partial charge in [0.2, 0.25) is 0 Å². The van der Waals surface area contributed by atoms with Gasteiger partial charge in [0.15, 0.2) is 0 Å². The van der Waals surface area contributed by atoms with Crippen LogP contribution in [0.4, 0.5) is 0 Å². The van der Waals surface area contributed by atoms with E-state index >= 15 is 0 Å². The van der Waals surface area contributed by atoms with Crippen LogP contribution in [-0.2, 0) is 16.0 Å². The normalized spacial score (nSPS) is 15.9. The van der Waals surface area contributed by atoms with Crippen molar-refractivity contribution in [1.82, 2.24) is 0 Å². The zero-order chi connectivity index (χ0) is 12.5. The number of Topliss-reactive ketones (excluding diaryl/α,β-unsaturated/α-hetero) is 1. The van der Waals surface area contributed by atoms with Crippen molar-refractivity contribution in [2.75, 3.05) is 13.2 Å². The van der Waals surface area contributed by atoms with E-state index in [9.17, 15) is 4.79 Å². The van der Waals surface area contributed by atoms with Crippen molar-refractivity contribution in [3.05, 3.63) is 35.9 Å². The molecule has 1 aromatic carbocycles. The van der Waals surface area contributed by atoms with Gasteiger partial charge in [-0.25, -0.2) is 0 Å². The van der Waals surface area contributed by atoms with E-state index in [1.54, 1.807) is 6.92 Å². The summed E-state index contributed by atoms with van der Waals surface area (Å²) in [5.41, 5.74) is 1.41. The topological polar surface area (TPSA) is 26.3 Å². The SMILES string of the molecule is CC(=O)C1CCOCC1.CCc1ccccc1. The van der Waals surface area contributed by atoms with E-state index in [1.165, 1.54) is 5.56 Å². The van der Waals surface area contributed by atoms with E-state index in [2.05, 4.69) is 31.2 Å². The fourth-order valence-corrected chi connectivity index (χ4v) is 1.82. The van der Waals surface area contributed by atoms with Gasteiger partial charge in [0.25, 0.3) is 0 Å².